The predicted molar refractivity (Wildman–Crippen MR) is 147 cm³/mol. The number of benzene rings is 2. The van der Waals surface area contributed by atoms with E-state index >= 15 is 0 Å². The van der Waals surface area contributed by atoms with Crippen LogP contribution in [0.15, 0.2) is 54.6 Å². The van der Waals surface area contributed by atoms with Gasteiger partial charge in [-0.3, -0.25) is 14.4 Å². The van der Waals surface area contributed by atoms with Gasteiger partial charge in [0, 0.05) is 19.0 Å². The highest BCUT2D eigenvalue weighted by molar-refractivity contribution is 5.86. The lowest BCUT2D eigenvalue weighted by molar-refractivity contribution is -0.161. The van der Waals surface area contributed by atoms with Crippen molar-refractivity contribution in [1.29, 1.82) is 0 Å². The zero-order valence-electron chi connectivity index (χ0n) is 22.8. The summed E-state index contributed by atoms with van der Waals surface area (Å²) in [6.45, 7) is 6.54. The highest BCUT2D eigenvalue weighted by Gasteiger charge is 2.47. The first-order valence-electron chi connectivity index (χ1n) is 13.9. The van der Waals surface area contributed by atoms with Gasteiger partial charge in [0.2, 0.25) is 11.8 Å². The molecule has 204 valence electrons. The van der Waals surface area contributed by atoms with Gasteiger partial charge in [-0.25, -0.2) is 0 Å². The van der Waals surface area contributed by atoms with Crippen LogP contribution in [0.4, 0.5) is 0 Å². The van der Waals surface area contributed by atoms with Gasteiger partial charge < -0.3 is 20.7 Å². The van der Waals surface area contributed by atoms with Gasteiger partial charge in [0.05, 0.1) is 18.1 Å². The van der Waals surface area contributed by atoms with Crippen molar-refractivity contribution in [1.82, 2.24) is 10.2 Å². The molecular formula is C31H41N3O4. The quantitative estimate of drug-likeness (QED) is 0.495. The first-order valence-corrected chi connectivity index (χ1v) is 13.9. The molecule has 2 aromatic rings. The number of nitrogens with zero attached hydrogens (tertiary/aromatic N) is 1. The maximum absolute atomic E-state index is 13.9. The molecule has 0 bridgehead atoms. The molecule has 0 aromatic heterocycles. The second kappa shape index (κ2) is 12.1. The van der Waals surface area contributed by atoms with Crippen LogP contribution in [0.3, 0.4) is 0 Å². The lowest BCUT2D eigenvalue weighted by atomic mass is 9.74. The van der Waals surface area contributed by atoms with Crippen LogP contribution >= 0.6 is 0 Å². The van der Waals surface area contributed by atoms with Crippen molar-refractivity contribution in [3.8, 4) is 0 Å². The van der Waals surface area contributed by atoms with Crippen LogP contribution in [-0.4, -0.2) is 54.5 Å². The summed E-state index contributed by atoms with van der Waals surface area (Å²) in [6, 6.07) is 16.7. The van der Waals surface area contributed by atoms with E-state index in [1.54, 1.807) is 11.8 Å². The highest BCUT2D eigenvalue weighted by atomic mass is 16.5. The molecule has 38 heavy (non-hydrogen) atoms. The maximum Gasteiger partial charge on any atom is 0.314 e. The van der Waals surface area contributed by atoms with Gasteiger partial charge in [-0.15, -0.1) is 0 Å². The second-order valence-corrected chi connectivity index (χ2v) is 11.2. The highest BCUT2D eigenvalue weighted by Crippen LogP contribution is 2.36. The number of carbonyl (C=O) groups is 3. The van der Waals surface area contributed by atoms with Crippen LogP contribution in [-0.2, 0) is 38.4 Å². The third-order valence-corrected chi connectivity index (χ3v) is 8.08. The Bertz CT molecular complexity index is 1110. The number of esters is 1. The summed E-state index contributed by atoms with van der Waals surface area (Å²) in [5, 5.41) is 3.11. The number of nitrogens with one attached hydrogen (secondary N) is 1. The summed E-state index contributed by atoms with van der Waals surface area (Å²) < 4.78 is 5.52. The number of rotatable bonds is 9. The smallest absolute Gasteiger partial charge is 0.314 e. The number of hydrogen-bond acceptors (Lipinski definition) is 5. The number of piperidine rings is 1. The molecule has 0 spiro atoms. The van der Waals surface area contributed by atoms with Gasteiger partial charge in [-0.05, 0) is 61.6 Å². The third-order valence-electron chi connectivity index (χ3n) is 8.08. The Hall–Kier alpha value is -3.19. The Balaban J connectivity index is 1.56. The topological polar surface area (TPSA) is 102 Å². The van der Waals surface area contributed by atoms with E-state index in [4.69, 9.17) is 10.5 Å². The minimum absolute atomic E-state index is 0.0259. The summed E-state index contributed by atoms with van der Waals surface area (Å²) in [7, 11) is 0. The molecule has 7 heteroatoms. The van der Waals surface area contributed by atoms with Crippen molar-refractivity contribution in [3.05, 3.63) is 71.3 Å². The minimum atomic E-state index is -0.910. The number of carbonyl (C=O) groups excluding carboxylic acids is 3. The average molecular weight is 520 g/mol. The Kier molecular flexibility index (Phi) is 8.87. The third kappa shape index (κ3) is 6.09. The van der Waals surface area contributed by atoms with Gasteiger partial charge in [0.25, 0.3) is 0 Å². The van der Waals surface area contributed by atoms with Crippen molar-refractivity contribution in [2.75, 3.05) is 19.7 Å². The van der Waals surface area contributed by atoms with Gasteiger partial charge in [0.15, 0.2) is 0 Å². The minimum Gasteiger partial charge on any atom is -0.466 e. The second-order valence-electron chi connectivity index (χ2n) is 11.2. The summed E-state index contributed by atoms with van der Waals surface area (Å²) in [6.07, 6.45) is 3.35. The van der Waals surface area contributed by atoms with E-state index in [2.05, 4.69) is 17.4 Å². The Morgan fingerprint density at radius 3 is 2.29 bits per heavy atom. The standard InChI is InChI=1S/C31H41N3O4/c1-4-38-30(37)31(19-22-11-6-5-7-12-22)15-10-16-34(20-31)29(36)26(32)27(33-28(35)21(2)3)25-17-23-13-8-9-14-24(23)18-25/h5-9,11-14,21,25-27H,4,10,15-20,32H2,1-3H3,(H,33,35)/t26-,27?,31?/m1/s1. The zero-order valence-corrected chi connectivity index (χ0v) is 22.8. The van der Waals surface area contributed by atoms with Crippen LogP contribution in [0.25, 0.3) is 0 Å². The molecule has 0 radical (unpaired) electrons. The van der Waals surface area contributed by atoms with Crippen molar-refractivity contribution >= 4 is 17.8 Å². The van der Waals surface area contributed by atoms with Crippen LogP contribution in [0.2, 0.25) is 0 Å². The van der Waals surface area contributed by atoms with Crippen molar-refractivity contribution in [3.63, 3.8) is 0 Å². The van der Waals surface area contributed by atoms with Gasteiger partial charge in [-0.2, -0.15) is 0 Å². The molecule has 2 aromatic carbocycles. The van der Waals surface area contributed by atoms with Crippen LogP contribution < -0.4 is 11.1 Å². The van der Waals surface area contributed by atoms with Crippen LogP contribution in [0, 0.1) is 17.3 Å². The number of amides is 2. The Morgan fingerprint density at radius 2 is 1.68 bits per heavy atom. The summed E-state index contributed by atoms with van der Waals surface area (Å²) >= 11 is 0. The van der Waals surface area contributed by atoms with Crippen molar-refractivity contribution < 1.29 is 19.1 Å². The molecule has 2 amide bonds. The summed E-state index contributed by atoms with van der Waals surface area (Å²) in [5.41, 5.74) is 9.39. The fourth-order valence-corrected chi connectivity index (χ4v) is 6.02. The molecule has 1 saturated heterocycles. The fraction of sp³-hybridized carbons (Fsp3) is 0.516. The van der Waals surface area contributed by atoms with E-state index in [0.29, 0.717) is 25.8 Å². The molecule has 2 aliphatic rings. The molecule has 4 rings (SSSR count). The van der Waals surface area contributed by atoms with Crippen LogP contribution in [0.5, 0.6) is 0 Å². The molecular weight excluding hydrogens is 478 g/mol. The van der Waals surface area contributed by atoms with Gasteiger partial charge in [-0.1, -0.05) is 68.4 Å². The number of fused-ring (bicyclic) bond motifs is 1. The molecule has 0 saturated carbocycles. The number of nitrogens with two attached hydrogens (primary N) is 1. The first kappa shape index (κ1) is 27.8. The van der Waals surface area contributed by atoms with E-state index in [9.17, 15) is 14.4 Å². The van der Waals surface area contributed by atoms with E-state index < -0.39 is 17.5 Å². The fourth-order valence-electron chi connectivity index (χ4n) is 6.02. The molecule has 1 heterocycles. The summed E-state index contributed by atoms with van der Waals surface area (Å²) in [4.78, 5) is 41.8. The first-order chi connectivity index (χ1) is 18.2. The molecule has 3 N–H and O–H groups in total. The van der Waals surface area contributed by atoms with E-state index in [-0.39, 0.29) is 42.8 Å². The van der Waals surface area contributed by atoms with E-state index in [1.807, 2.05) is 56.3 Å². The summed E-state index contributed by atoms with van der Waals surface area (Å²) in [5.74, 6) is -0.807. The molecule has 7 nitrogen and oxygen atoms in total. The van der Waals surface area contributed by atoms with E-state index in [1.165, 1.54) is 11.1 Å². The van der Waals surface area contributed by atoms with Gasteiger partial charge >= 0.3 is 5.97 Å². The lowest BCUT2D eigenvalue weighted by Crippen LogP contribution is -2.62. The van der Waals surface area contributed by atoms with Crippen molar-refractivity contribution in [2.45, 2.75) is 65.0 Å². The monoisotopic (exact) mass is 519 g/mol. The van der Waals surface area contributed by atoms with Crippen LogP contribution in [0.1, 0.15) is 50.3 Å². The number of likely N-dealkylation sites (tertiary alicyclic amines) is 1. The number of ether oxygens (including phenoxy) is 1. The largest absolute Gasteiger partial charge is 0.466 e. The average Bonchev–Trinajstić information content (AvgIpc) is 3.35. The van der Waals surface area contributed by atoms with Crippen molar-refractivity contribution in [2.24, 2.45) is 23.0 Å². The molecule has 1 aliphatic heterocycles. The molecule has 1 fully saturated rings. The number of hydrogen-bond donors (Lipinski definition) is 2. The molecule has 3 atom stereocenters. The zero-order chi connectivity index (χ0) is 27.3. The molecule has 1 aliphatic carbocycles. The van der Waals surface area contributed by atoms with Gasteiger partial charge in [0.1, 0.15) is 6.04 Å². The van der Waals surface area contributed by atoms with E-state index in [0.717, 1.165) is 18.4 Å². The lowest BCUT2D eigenvalue weighted by Gasteiger charge is -2.43. The molecule has 2 unspecified atom stereocenters. The Morgan fingerprint density at radius 1 is 1.05 bits per heavy atom. The normalized spacial score (nSPS) is 21.0. The maximum atomic E-state index is 13.9. The SMILES string of the molecule is CCOC(=O)C1(Cc2ccccc2)CCCN(C(=O)[C@H](N)C(NC(=O)C(C)C)C2Cc3ccccc3C2)C1. The Labute approximate surface area is 226 Å². The predicted octanol–water partition coefficient (Wildman–Crippen LogP) is 3.28.